The highest BCUT2D eigenvalue weighted by atomic mass is 16.8. The van der Waals surface area contributed by atoms with Crippen molar-refractivity contribution >= 4 is 12.0 Å². The number of carbonyl (C=O) groups excluding carboxylic acids is 1. The van der Waals surface area contributed by atoms with Crippen LogP contribution in [0.15, 0.2) is 48.7 Å². The summed E-state index contributed by atoms with van der Waals surface area (Å²) in [6.45, 7) is 0.587. The van der Waals surface area contributed by atoms with Crippen LogP contribution >= 0.6 is 0 Å². The molecule has 0 bridgehead atoms. The normalized spacial score (nSPS) is 47.2. The summed E-state index contributed by atoms with van der Waals surface area (Å²) in [5.74, 6) is -2.00. The zero-order chi connectivity index (χ0) is 32.0. The van der Waals surface area contributed by atoms with Crippen molar-refractivity contribution in [3.63, 3.8) is 0 Å². The van der Waals surface area contributed by atoms with Crippen LogP contribution in [0.4, 0.5) is 0 Å². The number of epoxide rings is 1. The lowest BCUT2D eigenvalue weighted by Gasteiger charge is -2.44. The Morgan fingerprint density at radius 3 is 2.29 bits per heavy atom. The number of fused-ring (bicyclic) bond motifs is 3. The molecule has 15 nitrogen and oxygen atoms in total. The fourth-order valence-corrected chi connectivity index (χ4v) is 6.53. The summed E-state index contributed by atoms with van der Waals surface area (Å²) in [5, 5.41) is 71.7. The second-order valence-corrected chi connectivity index (χ2v) is 11.9. The summed E-state index contributed by atoms with van der Waals surface area (Å²) >= 11 is 0. The molecule has 248 valence electrons. The quantitative estimate of drug-likeness (QED) is 0.0845. The van der Waals surface area contributed by atoms with E-state index in [2.05, 4.69) is 0 Å². The fraction of sp³-hybridized carbons (Fsp3) is 0.633. The first-order valence-corrected chi connectivity index (χ1v) is 14.8. The number of rotatable bonds is 9. The van der Waals surface area contributed by atoms with E-state index in [0.29, 0.717) is 0 Å². The average Bonchev–Trinajstić information content (AvgIpc) is 3.71. The second kappa shape index (κ2) is 12.9. The molecule has 5 aliphatic rings. The van der Waals surface area contributed by atoms with Crippen molar-refractivity contribution < 1.29 is 73.7 Å². The molecule has 0 amide bonds. The minimum absolute atomic E-state index is 0.270. The molecule has 15 heteroatoms. The van der Waals surface area contributed by atoms with E-state index < -0.39 is 110 Å². The second-order valence-electron chi connectivity index (χ2n) is 11.9. The van der Waals surface area contributed by atoms with Crippen LogP contribution in [0.2, 0.25) is 0 Å². The molecule has 1 saturated carbocycles. The Kier molecular flexibility index (Phi) is 9.33. The number of ether oxygens (including phenoxy) is 7. The van der Waals surface area contributed by atoms with Crippen molar-refractivity contribution in [1.82, 2.24) is 0 Å². The van der Waals surface area contributed by atoms with Gasteiger partial charge in [0, 0.05) is 12.0 Å². The van der Waals surface area contributed by atoms with E-state index >= 15 is 0 Å². The predicted molar refractivity (Wildman–Crippen MR) is 147 cm³/mol. The van der Waals surface area contributed by atoms with Gasteiger partial charge in [-0.15, -0.1) is 0 Å². The number of benzene rings is 1. The average molecular weight is 639 g/mol. The predicted octanol–water partition coefficient (Wildman–Crippen LogP) is -2.47. The topological polar surface area (TPSA) is 227 Å². The summed E-state index contributed by atoms with van der Waals surface area (Å²) in [6.07, 6.45) is -11.4. The summed E-state index contributed by atoms with van der Waals surface area (Å²) in [4.78, 5) is 12.7. The molecule has 1 aromatic carbocycles. The lowest BCUT2D eigenvalue weighted by Crippen LogP contribution is -2.60. The van der Waals surface area contributed by atoms with Crippen molar-refractivity contribution in [1.29, 1.82) is 0 Å². The van der Waals surface area contributed by atoms with Crippen LogP contribution in [0, 0.1) is 11.8 Å². The van der Waals surface area contributed by atoms with Crippen LogP contribution in [-0.2, 0) is 38.0 Å². The first kappa shape index (κ1) is 32.4. The van der Waals surface area contributed by atoms with Crippen LogP contribution in [0.5, 0.6) is 0 Å². The number of hydrogen-bond acceptors (Lipinski definition) is 15. The van der Waals surface area contributed by atoms with Gasteiger partial charge in [0.05, 0.1) is 31.0 Å². The molecule has 4 fully saturated rings. The lowest BCUT2D eigenvalue weighted by atomic mass is 9.85. The molecule has 4 aliphatic heterocycles. The Hall–Kier alpha value is -2.51. The molecule has 6 rings (SSSR count). The van der Waals surface area contributed by atoms with Gasteiger partial charge in [-0.1, -0.05) is 30.3 Å². The maximum atomic E-state index is 12.7. The van der Waals surface area contributed by atoms with Crippen molar-refractivity contribution in [2.75, 3.05) is 13.2 Å². The maximum absolute atomic E-state index is 12.7. The molecule has 16 unspecified atom stereocenters. The van der Waals surface area contributed by atoms with Gasteiger partial charge in [0.25, 0.3) is 0 Å². The molecular formula is C30H38O15. The summed E-state index contributed by atoms with van der Waals surface area (Å²) in [7, 11) is 0. The van der Waals surface area contributed by atoms with E-state index in [4.69, 9.17) is 33.2 Å². The van der Waals surface area contributed by atoms with E-state index in [9.17, 15) is 40.5 Å². The van der Waals surface area contributed by atoms with Crippen molar-refractivity contribution in [2.45, 2.75) is 92.4 Å². The van der Waals surface area contributed by atoms with Crippen LogP contribution in [0.1, 0.15) is 12.5 Å². The van der Waals surface area contributed by atoms with Gasteiger partial charge >= 0.3 is 5.97 Å². The van der Waals surface area contributed by atoms with Gasteiger partial charge in [0.2, 0.25) is 6.29 Å². The van der Waals surface area contributed by atoms with Gasteiger partial charge in [-0.25, -0.2) is 4.79 Å². The fourth-order valence-electron chi connectivity index (χ4n) is 6.53. The lowest BCUT2D eigenvalue weighted by molar-refractivity contribution is -0.347. The van der Waals surface area contributed by atoms with E-state index in [1.807, 2.05) is 30.3 Å². The van der Waals surface area contributed by atoms with Crippen molar-refractivity contribution in [3.05, 3.63) is 54.3 Å². The van der Waals surface area contributed by atoms with E-state index in [1.54, 1.807) is 12.2 Å². The van der Waals surface area contributed by atoms with Gasteiger partial charge in [-0.2, -0.15) is 0 Å². The summed E-state index contributed by atoms with van der Waals surface area (Å²) < 4.78 is 40.8. The molecule has 0 spiro atoms. The SMILES string of the molecule is CC1OC(OC2C3C=COC(OC4OC(CO)C(O)C(O)C4O)C3C3(COC(=O)/C=C/c4ccccc4)OC23)C(O)C(O)C1O. The van der Waals surface area contributed by atoms with Crippen LogP contribution in [0.3, 0.4) is 0 Å². The number of hydrogen-bond donors (Lipinski definition) is 7. The number of esters is 1. The Labute approximate surface area is 257 Å². The monoisotopic (exact) mass is 638 g/mol. The molecular weight excluding hydrogens is 600 g/mol. The van der Waals surface area contributed by atoms with Crippen LogP contribution in [-0.4, -0.2) is 140 Å². The number of aliphatic hydroxyl groups is 7. The third-order valence-corrected chi connectivity index (χ3v) is 9.10. The highest BCUT2D eigenvalue weighted by Crippen LogP contribution is 2.61. The molecule has 7 N–H and O–H groups in total. The molecule has 4 heterocycles. The first-order valence-electron chi connectivity index (χ1n) is 14.8. The standard InChI is InChI=1S/C30H38O15/c1-13-19(33)21(35)23(37)28(41-13)43-25-15-9-10-39-27(44-29-24(38)22(36)20(34)16(11-31)42-29)18(15)30(26(25)45-30)12-40-17(32)8-7-14-5-3-2-4-6-14/h2-10,13,15-16,18-29,31,33-38H,11-12H2,1H3/b8-7+. The van der Waals surface area contributed by atoms with Crippen LogP contribution in [0.25, 0.3) is 6.08 Å². The zero-order valence-corrected chi connectivity index (χ0v) is 24.2. The first-order chi connectivity index (χ1) is 21.6. The zero-order valence-electron chi connectivity index (χ0n) is 24.2. The smallest absolute Gasteiger partial charge is 0.330 e. The minimum atomic E-state index is -1.71. The van der Waals surface area contributed by atoms with E-state index in [0.717, 1.165) is 5.56 Å². The third kappa shape index (κ3) is 6.04. The van der Waals surface area contributed by atoms with E-state index in [1.165, 1.54) is 19.3 Å². The molecule has 1 aliphatic carbocycles. The summed E-state index contributed by atoms with van der Waals surface area (Å²) in [5.41, 5.74) is -0.452. The third-order valence-electron chi connectivity index (χ3n) is 9.10. The Morgan fingerprint density at radius 2 is 1.58 bits per heavy atom. The highest BCUT2D eigenvalue weighted by molar-refractivity contribution is 5.87. The summed E-state index contributed by atoms with van der Waals surface area (Å²) in [6, 6.07) is 9.13. The molecule has 45 heavy (non-hydrogen) atoms. The molecule has 0 aromatic heterocycles. The van der Waals surface area contributed by atoms with E-state index in [-0.39, 0.29) is 6.61 Å². The van der Waals surface area contributed by atoms with Crippen molar-refractivity contribution in [2.24, 2.45) is 11.8 Å². The van der Waals surface area contributed by atoms with Gasteiger partial charge in [0.15, 0.2) is 12.6 Å². The highest BCUT2D eigenvalue weighted by Gasteiger charge is 2.77. The number of aliphatic hydroxyl groups excluding tert-OH is 7. The van der Waals surface area contributed by atoms with Gasteiger partial charge < -0.3 is 68.9 Å². The van der Waals surface area contributed by atoms with Crippen molar-refractivity contribution in [3.8, 4) is 0 Å². The Bertz CT molecular complexity index is 1240. The largest absolute Gasteiger partial charge is 0.472 e. The Morgan fingerprint density at radius 1 is 0.889 bits per heavy atom. The van der Waals surface area contributed by atoms with Gasteiger partial charge in [-0.05, 0) is 24.6 Å². The number of carbonyl (C=O) groups is 1. The van der Waals surface area contributed by atoms with Gasteiger partial charge in [-0.3, -0.25) is 0 Å². The molecule has 1 aromatic rings. The van der Waals surface area contributed by atoms with Crippen LogP contribution < -0.4 is 0 Å². The van der Waals surface area contributed by atoms with Gasteiger partial charge in [0.1, 0.15) is 61.0 Å². The molecule has 3 saturated heterocycles. The molecule has 16 atom stereocenters. The maximum Gasteiger partial charge on any atom is 0.330 e. The molecule has 0 radical (unpaired) electrons. The minimum Gasteiger partial charge on any atom is -0.472 e. The Balaban J connectivity index is 1.23.